The van der Waals surface area contributed by atoms with Crippen LogP contribution in [0.2, 0.25) is 0 Å². The summed E-state index contributed by atoms with van der Waals surface area (Å²) in [5.74, 6) is 1.09. The first-order chi connectivity index (χ1) is 7.15. The van der Waals surface area contributed by atoms with Crippen molar-refractivity contribution in [2.45, 2.75) is 32.7 Å². The zero-order chi connectivity index (χ0) is 10.8. The fourth-order valence-electron chi connectivity index (χ4n) is 2.20. The molecule has 1 atom stereocenters. The molecule has 0 radical (unpaired) electrons. The summed E-state index contributed by atoms with van der Waals surface area (Å²) in [4.78, 5) is 6.86. The molecule has 0 aliphatic carbocycles. The van der Waals surface area contributed by atoms with Crippen LogP contribution in [0.1, 0.15) is 24.1 Å². The lowest BCUT2D eigenvalue weighted by Gasteiger charge is -2.32. The number of nitrogens with two attached hydrogens (primary N) is 1. The van der Waals surface area contributed by atoms with E-state index in [1.54, 1.807) is 0 Å². The van der Waals surface area contributed by atoms with E-state index >= 15 is 0 Å². The van der Waals surface area contributed by atoms with Crippen molar-refractivity contribution in [3.63, 3.8) is 0 Å². The van der Waals surface area contributed by atoms with Gasteiger partial charge >= 0.3 is 0 Å². The van der Waals surface area contributed by atoms with Crippen molar-refractivity contribution in [3.8, 4) is 0 Å². The fourth-order valence-corrected chi connectivity index (χ4v) is 2.20. The monoisotopic (exact) mass is 205 g/mol. The van der Waals surface area contributed by atoms with Gasteiger partial charge in [-0.05, 0) is 44.4 Å². The van der Waals surface area contributed by atoms with Crippen LogP contribution < -0.4 is 10.6 Å². The van der Waals surface area contributed by atoms with Crippen molar-refractivity contribution >= 4 is 5.82 Å². The number of piperidine rings is 1. The van der Waals surface area contributed by atoms with E-state index in [1.807, 2.05) is 6.92 Å². The first-order valence-electron chi connectivity index (χ1n) is 5.61. The summed E-state index contributed by atoms with van der Waals surface area (Å²) >= 11 is 0. The van der Waals surface area contributed by atoms with Gasteiger partial charge in [0.25, 0.3) is 0 Å². The SMILES string of the molecule is Cc1cc(C)nc(N2CCCC(N)C2)c1. The Bertz CT molecular complexity index is 328. The Kier molecular flexibility index (Phi) is 2.91. The highest BCUT2D eigenvalue weighted by Gasteiger charge is 2.17. The molecule has 2 N–H and O–H groups in total. The van der Waals surface area contributed by atoms with E-state index in [-0.39, 0.29) is 0 Å². The highest BCUT2D eigenvalue weighted by molar-refractivity contribution is 5.42. The summed E-state index contributed by atoms with van der Waals surface area (Å²) in [6.45, 7) is 6.18. The fraction of sp³-hybridized carbons (Fsp3) is 0.583. The minimum atomic E-state index is 0.307. The Morgan fingerprint density at radius 1 is 1.40 bits per heavy atom. The minimum Gasteiger partial charge on any atom is -0.355 e. The van der Waals surface area contributed by atoms with Crippen LogP contribution in [0.3, 0.4) is 0 Å². The van der Waals surface area contributed by atoms with E-state index in [1.165, 1.54) is 12.0 Å². The molecule has 0 spiro atoms. The van der Waals surface area contributed by atoms with E-state index in [4.69, 9.17) is 5.73 Å². The normalized spacial score (nSPS) is 21.8. The van der Waals surface area contributed by atoms with Crippen LogP contribution in [0.15, 0.2) is 12.1 Å². The minimum absolute atomic E-state index is 0.307. The number of hydrogen-bond acceptors (Lipinski definition) is 3. The van der Waals surface area contributed by atoms with Crippen LogP contribution in [0.4, 0.5) is 5.82 Å². The Balaban J connectivity index is 2.20. The number of pyridine rings is 1. The summed E-state index contributed by atoms with van der Waals surface area (Å²) in [7, 11) is 0. The third-order valence-electron chi connectivity index (χ3n) is 2.87. The molecule has 1 saturated heterocycles. The van der Waals surface area contributed by atoms with Crippen LogP contribution in [0.25, 0.3) is 0 Å². The maximum absolute atomic E-state index is 5.97. The summed E-state index contributed by atoms with van der Waals surface area (Å²) in [6.07, 6.45) is 2.32. The summed E-state index contributed by atoms with van der Waals surface area (Å²) in [6, 6.07) is 4.56. The van der Waals surface area contributed by atoms with Crippen LogP contribution in [-0.2, 0) is 0 Å². The van der Waals surface area contributed by atoms with Gasteiger partial charge in [0.1, 0.15) is 5.82 Å². The van der Waals surface area contributed by atoms with Crippen molar-refractivity contribution in [2.24, 2.45) is 5.73 Å². The molecule has 0 saturated carbocycles. The Hall–Kier alpha value is -1.09. The molecular weight excluding hydrogens is 186 g/mol. The second-order valence-electron chi connectivity index (χ2n) is 4.49. The number of nitrogens with zero attached hydrogens (tertiary/aromatic N) is 2. The predicted molar refractivity (Wildman–Crippen MR) is 63.1 cm³/mol. The molecule has 1 aliphatic heterocycles. The average Bonchev–Trinajstić information content (AvgIpc) is 2.16. The molecule has 2 heterocycles. The molecule has 0 bridgehead atoms. The number of aromatic nitrogens is 1. The van der Waals surface area contributed by atoms with Crippen molar-refractivity contribution in [3.05, 3.63) is 23.4 Å². The quantitative estimate of drug-likeness (QED) is 0.757. The Morgan fingerprint density at radius 3 is 2.87 bits per heavy atom. The molecule has 1 aromatic heterocycles. The Morgan fingerprint density at radius 2 is 2.20 bits per heavy atom. The number of hydrogen-bond donors (Lipinski definition) is 1. The van der Waals surface area contributed by atoms with Gasteiger partial charge < -0.3 is 10.6 Å². The zero-order valence-corrected chi connectivity index (χ0v) is 9.53. The van der Waals surface area contributed by atoms with Crippen LogP contribution in [0, 0.1) is 13.8 Å². The van der Waals surface area contributed by atoms with Crippen molar-refractivity contribution in [1.29, 1.82) is 0 Å². The second-order valence-corrected chi connectivity index (χ2v) is 4.49. The summed E-state index contributed by atoms with van der Waals surface area (Å²) in [5.41, 5.74) is 8.33. The van der Waals surface area contributed by atoms with Gasteiger partial charge in [0.15, 0.2) is 0 Å². The van der Waals surface area contributed by atoms with Gasteiger partial charge in [0.05, 0.1) is 0 Å². The lowest BCUT2D eigenvalue weighted by Crippen LogP contribution is -2.43. The zero-order valence-electron chi connectivity index (χ0n) is 9.53. The molecule has 3 heteroatoms. The maximum atomic E-state index is 5.97. The number of aryl methyl sites for hydroxylation is 2. The highest BCUT2D eigenvalue weighted by atomic mass is 15.2. The molecule has 2 rings (SSSR count). The molecule has 1 fully saturated rings. The standard InChI is InChI=1S/C12H19N3/c1-9-6-10(2)14-12(7-9)15-5-3-4-11(13)8-15/h6-7,11H,3-5,8,13H2,1-2H3. The molecular formula is C12H19N3. The number of anilines is 1. The van der Waals surface area contributed by atoms with Gasteiger partial charge in [-0.2, -0.15) is 0 Å². The second kappa shape index (κ2) is 4.19. The molecule has 0 aromatic carbocycles. The third-order valence-corrected chi connectivity index (χ3v) is 2.87. The molecule has 3 nitrogen and oxygen atoms in total. The van der Waals surface area contributed by atoms with E-state index in [2.05, 4.69) is 28.9 Å². The first kappa shape index (κ1) is 10.4. The topological polar surface area (TPSA) is 42.2 Å². The lowest BCUT2D eigenvalue weighted by atomic mass is 10.1. The lowest BCUT2D eigenvalue weighted by molar-refractivity contribution is 0.503. The predicted octanol–water partition coefficient (Wildman–Crippen LogP) is 1.63. The van der Waals surface area contributed by atoms with Gasteiger partial charge in [-0.15, -0.1) is 0 Å². The molecule has 15 heavy (non-hydrogen) atoms. The molecule has 0 amide bonds. The van der Waals surface area contributed by atoms with Crippen LogP contribution in [0.5, 0.6) is 0 Å². The molecule has 1 aliphatic rings. The van der Waals surface area contributed by atoms with Gasteiger partial charge in [0.2, 0.25) is 0 Å². The van der Waals surface area contributed by atoms with Gasteiger partial charge in [-0.3, -0.25) is 0 Å². The van der Waals surface area contributed by atoms with Gasteiger partial charge in [0, 0.05) is 24.8 Å². The third kappa shape index (κ3) is 2.48. The van der Waals surface area contributed by atoms with Crippen molar-refractivity contribution < 1.29 is 0 Å². The van der Waals surface area contributed by atoms with Gasteiger partial charge in [-0.25, -0.2) is 4.98 Å². The summed E-state index contributed by atoms with van der Waals surface area (Å²) in [5, 5.41) is 0. The number of rotatable bonds is 1. The van der Waals surface area contributed by atoms with Gasteiger partial charge in [-0.1, -0.05) is 0 Å². The van der Waals surface area contributed by atoms with Crippen molar-refractivity contribution in [1.82, 2.24) is 4.98 Å². The van der Waals surface area contributed by atoms with Crippen molar-refractivity contribution in [2.75, 3.05) is 18.0 Å². The smallest absolute Gasteiger partial charge is 0.129 e. The van der Waals surface area contributed by atoms with Crippen LogP contribution in [-0.4, -0.2) is 24.1 Å². The average molecular weight is 205 g/mol. The maximum Gasteiger partial charge on any atom is 0.129 e. The molecule has 1 unspecified atom stereocenters. The van der Waals surface area contributed by atoms with E-state index < -0.39 is 0 Å². The van der Waals surface area contributed by atoms with Crippen LogP contribution >= 0.6 is 0 Å². The Labute approximate surface area is 91.3 Å². The highest BCUT2D eigenvalue weighted by Crippen LogP contribution is 2.18. The van der Waals surface area contributed by atoms with E-state index in [0.29, 0.717) is 6.04 Å². The van der Waals surface area contributed by atoms with E-state index in [9.17, 15) is 0 Å². The summed E-state index contributed by atoms with van der Waals surface area (Å²) < 4.78 is 0. The molecule has 82 valence electrons. The molecule has 1 aromatic rings. The first-order valence-corrected chi connectivity index (χ1v) is 5.61. The van der Waals surface area contributed by atoms with E-state index in [0.717, 1.165) is 31.0 Å². The largest absolute Gasteiger partial charge is 0.355 e.